The Morgan fingerprint density at radius 2 is 1.80 bits per heavy atom. The standard InChI is InChI=1S/C30H35N3O7/c1-3-4-6-12-25(18-33(21-34)39-19-22-10-7-5-8-11-22)28(35)31-20-32-29(36)27-16-15-26(40-27)23-13-9-14-24(17-23)30(37)38-2/h5,7-11,13-17,21,25H,3-4,6,12,18-20H2,1-2H3,(H,31,35)(H,32,36)/t25-/m1/s1. The molecule has 212 valence electrons. The van der Waals surface area contributed by atoms with Crippen molar-refractivity contribution in [3.8, 4) is 11.3 Å². The van der Waals surface area contributed by atoms with Crippen LogP contribution >= 0.6 is 0 Å². The van der Waals surface area contributed by atoms with E-state index < -0.39 is 17.8 Å². The number of carbonyl (C=O) groups is 4. The molecule has 0 saturated carbocycles. The molecule has 0 bridgehead atoms. The van der Waals surface area contributed by atoms with Gasteiger partial charge in [0.1, 0.15) is 12.4 Å². The first-order valence-electron chi connectivity index (χ1n) is 13.2. The number of nitrogens with zero attached hydrogens (tertiary/aromatic N) is 1. The maximum atomic E-state index is 13.0. The molecule has 3 amide bonds. The highest BCUT2D eigenvalue weighted by Crippen LogP contribution is 2.23. The zero-order chi connectivity index (χ0) is 28.7. The minimum Gasteiger partial charge on any atom is -0.465 e. The van der Waals surface area contributed by atoms with Crippen molar-refractivity contribution in [3.05, 3.63) is 83.6 Å². The average Bonchev–Trinajstić information content (AvgIpc) is 3.49. The topological polar surface area (TPSA) is 127 Å². The van der Waals surface area contributed by atoms with E-state index >= 15 is 0 Å². The summed E-state index contributed by atoms with van der Waals surface area (Å²) in [6.07, 6.45) is 3.90. The van der Waals surface area contributed by atoms with Crippen LogP contribution < -0.4 is 10.6 Å². The van der Waals surface area contributed by atoms with Gasteiger partial charge < -0.3 is 19.8 Å². The lowest BCUT2D eigenvalue weighted by atomic mass is 10.0. The number of amides is 3. The molecular formula is C30H35N3O7. The minimum atomic E-state index is -0.515. The second-order valence-corrected chi connectivity index (χ2v) is 9.12. The van der Waals surface area contributed by atoms with Gasteiger partial charge in [-0.1, -0.05) is 68.7 Å². The number of rotatable bonds is 16. The van der Waals surface area contributed by atoms with Crippen LogP contribution in [0.4, 0.5) is 0 Å². The van der Waals surface area contributed by atoms with Gasteiger partial charge in [-0.25, -0.2) is 9.86 Å². The van der Waals surface area contributed by atoms with Crippen molar-refractivity contribution in [2.45, 2.75) is 39.2 Å². The van der Waals surface area contributed by atoms with E-state index in [-0.39, 0.29) is 31.5 Å². The van der Waals surface area contributed by atoms with Gasteiger partial charge >= 0.3 is 5.97 Å². The Morgan fingerprint density at radius 1 is 1.00 bits per heavy atom. The molecule has 40 heavy (non-hydrogen) atoms. The summed E-state index contributed by atoms with van der Waals surface area (Å²) < 4.78 is 10.4. The van der Waals surface area contributed by atoms with Crippen molar-refractivity contribution in [2.24, 2.45) is 5.92 Å². The number of carbonyl (C=O) groups excluding carboxylic acids is 4. The second-order valence-electron chi connectivity index (χ2n) is 9.12. The molecule has 0 saturated heterocycles. The number of benzene rings is 2. The zero-order valence-electron chi connectivity index (χ0n) is 22.8. The zero-order valence-corrected chi connectivity index (χ0v) is 22.8. The summed E-state index contributed by atoms with van der Waals surface area (Å²) in [4.78, 5) is 54.6. The van der Waals surface area contributed by atoms with E-state index in [1.165, 1.54) is 13.2 Å². The van der Waals surface area contributed by atoms with Crippen molar-refractivity contribution in [2.75, 3.05) is 20.3 Å². The van der Waals surface area contributed by atoms with Gasteiger partial charge in [0.25, 0.3) is 5.91 Å². The van der Waals surface area contributed by atoms with E-state index in [0.717, 1.165) is 29.9 Å². The average molecular weight is 550 g/mol. The molecule has 0 spiro atoms. The third kappa shape index (κ3) is 9.09. The lowest BCUT2D eigenvalue weighted by Crippen LogP contribution is -2.43. The smallest absolute Gasteiger partial charge is 0.337 e. The molecule has 3 aromatic rings. The number of esters is 1. The van der Waals surface area contributed by atoms with Crippen LogP contribution in [-0.4, -0.2) is 49.6 Å². The first-order chi connectivity index (χ1) is 19.4. The fourth-order valence-electron chi connectivity index (χ4n) is 4.00. The minimum absolute atomic E-state index is 0.0497. The number of nitrogens with one attached hydrogen (secondary N) is 2. The maximum Gasteiger partial charge on any atom is 0.337 e. The molecule has 0 fully saturated rings. The molecule has 0 aliphatic heterocycles. The lowest BCUT2D eigenvalue weighted by molar-refractivity contribution is -0.182. The van der Waals surface area contributed by atoms with Crippen LogP contribution in [0.3, 0.4) is 0 Å². The van der Waals surface area contributed by atoms with E-state index in [9.17, 15) is 19.2 Å². The summed E-state index contributed by atoms with van der Waals surface area (Å²) in [5.74, 6) is -1.35. The fraction of sp³-hybridized carbons (Fsp3) is 0.333. The third-order valence-electron chi connectivity index (χ3n) is 6.19. The maximum absolute atomic E-state index is 13.0. The number of ether oxygens (including phenoxy) is 1. The van der Waals surface area contributed by atoms with Crippen molar-refractivity contribution >= 4 is 24.2 Å². The Morgan fingerprint density at radius 3 is 2.52 bits per heavy atom. The summed E-state index contributed by atoms with van der Waals surface area (Å²) in [5.41, 5.74) is 1.87. The van der Waals surface area contributed by atoms with Crippen molar-refractivity contribution in [1.29, 1.82) is 0 Å². The Balaban J connectivity index is 1.54. The largest absolute Gasteiger partial charge is 0.465 e. The number of hydroxylamine groups is 2. The van der Waals surface area contributed by atoms with Gasteiger partial charge in [0.2, 0.25) is 12.3 Å². The molecule has 10 nitrogen and oxygen atoms in total. The van der Waals surface area contributed by atoms with Crippen molar-refractivity contribution in [3.63, 3.8) is 0 Å². The number of furan rings is 1. The normalized spacial score (nSPS) is 11.3. The Bertz CT molecular complexity index is 1260. The van der Waals surface area contributed by atoms with Gasteiger partial charge in [-0.15, -0.1) is 0 Å². The van der Waals surface area contributed by atoms with Crippen molar-refractivity contribution in [1.82, 2.24) is 15.7 Å². The number of unbranched alkanes of at least 4 members (excludes halogenated alkanes) is 2. The summed E-state index contributed by atoms with van der Waals surface area (Å²) in [7, 11) is 1.30. The van der Waals surface area contributed by atoms with Gasteiger partial charge in [0.15, 0.2) is 5.76 Å². The molecule has 2 aromatic carbocycles. The Hall–Kier alpha value is -4.44. The first kappa shape index (κ1) is 30.1. The Kier molecular flexibility index (Phi) is 11.9. The third-order valence-corrected chi connectivity index (χ3v) is 6.19. The molecule has 1 aromatic heterocycles. The number of methoxy groups -OCH3 is 1. The van der Waals surface area contributed by atoms with Crippen LogP contribution in [0.15, 0.2) is 71.1 Å². The monoisotopic (exact) mass is 549 g/mol. The predicted molar refractivity (Wildman–Crippen MR) is 148 cm³/mol. The molecule has 3 rings (SSSR count). The predicted octanol–water partition coefficient (Wildman–Crippen LogP) is 4.32. The molecule has 1 heterocycles. The fourth-order valence-corrected chi connectivity index (χ4v) is 4.00. The van der Waals surface area contributed by atoms with Gasteiger partial charge in [-0.2, -0.15) is 0 Å². The van der Waals surface area contributed by atoms with Crippen LogP contribution in [0.2, 0.25) is 0 Å². The second kappa shape index (κ2) is 15.8. The molecule has 0 unspecified atom stereocenters. The van der Waals surface area contributed by atoms with E-state index in [1.54, 1.807) is 30.3 Å². The highest BCUT2D eigenvalue weighted by Gasteiger charge is 2.22. The summed E-state index contributed by atoms with van der Waals surface area (Å²) in [6.45, 7) is 2.24. The van der Waals surface area contributed by atoms with Crippen LogP contribution in [0.25, 0.3) is 11.3 Å². The molecular weight excluding hydrogens is 514 g/mol. The van der Waals surface area contributed by atoms with E-state index in [0.29, 0.717) is 29.7 Å². The van der Waals surface area contributed by atoms with Crippen LogP contribution in [0, 0.1) is 5.92 Å². The summed E-state index contributed by atoms with van der Waals surface area (Å²) >= 11 is 0. The Labute approximate surface area is 233 Å². The highest BCUT2D eigenvalue weighted by atomic mass is 16.7. The molecule has 1 atom stereocenters. The molecule has 10 heteroatoms. The van der Waals surface area contributed by atoms with Gasteiger partial charge in [-0.3, -0.25) is 19.2 Å². The van der Waals surface area contributed by atoms with E-state index in [2.05, 4.69) is 17.6 Å². The van der Waals surface area contributed by atoms with E-state index in [4.69, 9.17) is 14.0 Å². The van der Waals surface area contributed by atoms with Gasteiger partial charge in [0.05, 0.1) is 31.8 Å². The quantitative estimate of drug-likeness (QED) is 0.0895. The number of hydrogen-bond donors (Lipinski definition) is 2. The van der Waals surface area contributed by atoms with Gasteiger partial charge in [0, 0.05) is 5.56 Å². The highest BCUT2D eigenvalue weighted by molar-refractivity contribution is 5.93. The summed E-state index contributed by atoms with van der Waals surface area (Å²) in [5, 5.41) is 6.47. The van der Waals surface area contributed by atoms with Gasteiger partial charge in [-0.05, 0) is 36.2 Å². The number of hydrogen-bond acceptors (Lipinski definition) is 7. The van der Waals surface area contributed by atoms with Crippen LogP contribution in [-0.2, 0) is 25.8 Å². The molecule has 0 aliphatic carbocycles. The summed E-state index contributed by atoms with van der Waals surface area (Å²) in [6, 6.07) is 19.2. The lowest BCUT2D eigenvalue weighted by Gasteiger charge is -2.23. The van der Waals surface area contributed by atoms with Crippen molar-refractivity contribution < 1.29 is 33.2 Å². The molecule has 0 radical (unpaired) electrons. The first-order valence-corrected chi connectivity index (χ1v) is 13.2. The van der Waals surface area contributed by atoms with Crippen LogP contribution in [0.5, 0.6) is 0 Å². The van der Waals surface area contributed by atoms with Crippen LogP contribution in [0.1, 0.15) is 59.1 Å². The molecule has 2 N–H and O–H groups in total. The SMILES string of the molecule is CCCCC[C@H](CN(C=O)OCc1ccccc1)C(=O)NCNC(=O)c1ccc(-c2cccc(C(=O)OC)c2)o1. The van der Waals surface area contributed by atoms with E-state index in [1.807, 2.05) is 30.3 Å². The molecule has 0 aliphatic rings.